The Morgan fingerprint density at radius 3 is 2.30 bits per heavy atom. The molecule has 5 nitrogen and oxygen atoms in total. The van der Waals surface area contributed by atoms with Crippen LogP contribution in [0.3, 0.4) is 0 Å². The first-order valence-electron chi connectivity index (χ1n) is 11.7. The average molecular weight is 526 g/mol. The Labute approximate surface area is 208 Å². The number of carboxylic acid groups (broad SMARTS) is 1. The lowest BCUT2D eigenvalue weighted by atomic mass is 9.87. The molecule has 1 saturated carbocycles. The quantitative estimate of drug-likeness (QED) is 0.334. The zero-order valence-corrected chi connectivity index (χ0v) is 19.5. The first-order chi connectivity index (χ1) is 17.4. The summed E-state index contributed by atoms with van der Waals surface area (Å²) in [6, 6.07) is 10.3. The normalized spacial score (nSPS) is 18.6. The summed E-state index contributed by atoms with van der Waals surface area (Å²) in [6.07, 6.45) is -8.74. The van der Waals surface area contributed by atoms with Crippen molar-refractivity contribution in [2.45, 2.75) is 57.2 Å². The highest BCUT2D eigenvalue weighted by atomic mass is 19.4. The Balaban J connectivity index is 1.46. The van der Waals surface area contributed by atoms with Crippen molar-refractivity contribution in [3.63, 3.8) is 0 Å². The van der Waals surface area contributed by atoms with Gasteiger partial charge in [-0.1, -0.05) is 18.2 Å². The summed E-state index contributed by atoms with van der Waals surface area (Å²) in [5, 5.41) is 12.3. The van der Waals surface area contributed by atoms with Crippen LogP contribution in [0.5, 0.6) is 5.75 Å². The Hall–Kier alpha value is -3.34. The van der Waals surface area contributed by atoms with E-state index in [9.17, 15) is 31.1 Å². The summed E-state index contributed by atoms with van der Waals surface area (Å²) in [5.41, 5.74) is 0.458. The third-order valence-electron chi connectivity index (χ3n) is 6.47. The maximum atomic E-state index is 14.0. The molecule has 0 spiro atoms. The second-order valence-corrected chi connectivity index (χ2v) is 9.07. The number of carboxylic acids is 1. The van der Waals surface area contributed by atoms with Gasteiger partial charge < -0.3 is 15.2 Å². The van der Waals surface area contributed by atoms with E-state index in [-0.39, 0.29) is 42.4 Å². The number of hydrogen-bond acceptors (Lipinski definition) is 4. The topological polar surface area (TPSA) is 71.5 Å². The number of rotatable bonds is 7. The number of nitrogens with one attached hydrogen (secondary N) is 1. The maximum absolute atomic E-state index is 14.0. The number of halogens is 6. The SMILES string of the molecule is O=C(O)c1ccc(CNCc2ccc3c(C(F)(F)F)c(OC4CCC(C(F)(F)F)CC4)ccc3c2)nc1. The van der Waals surface area contributed by atoms with Crippen LogP contribution in [0.25, 0.3) is 10.8 Å². The molecule has 1 aliphatic rings. The largest absolute Gasteiger partial charge is 0.490 e. The molecule has 0 atom stereocenters. The second-order valence-electron chi connectivity index (χ2n) is 9.07. The monoisotopic (exact) mass is 526 g/mol. The number of nitrogens with zero attached hydrogens (tertiary/aromatic N) is 1. The van der Waals surface area contributed by atoms with Crippen LogP contribution >= 0.6 is 0 Å². The maximum Gasteiger partial charge on any atom is 0.420 e. The minimum Gasteiger partial charge on any atom is -0.490 e. The van der Waals surface area contributed by atoms with Crippen molar-refractivity contribution in [1.82, 2.24) is 10.3 Å². The van der Waals surface area contributed by atoms with E-state index in [1.54, 1.807) is 18.2 Å². The van der Waals surface area contributed by atoms with Gasteiger partial charge >= 0.3 is 18.3 Å². The Morgan fingerprint density at radius 2 is 1.70 bits per heavy atom. The summed E-state index contributed by atoms with van der Waals surface area (Å²) in [5.74, 6) is -2.90. The van der Waals surface area contributed by atoms with Crippen molar-refractivity contribution in [3.05, 3.63) is 71.0 Å². The van der Waals surface area contributed by atoms with E-state index in [4.69, 9.17) is 9.84 Å². The van der Waals surface area contributed by atoms with E-state index in [1.807, 2.05) is 0 Å². The zero-order chi connectivity index (χ0) is 26.8. The predicted octanol–water partition coefficient (Wildman–Crippen LogP) is 6.74. The van der Waals surface area contributed by atoms with Gasteiger partial charge in [0.05, 0.1) is 23.3 Å². The highest BCUT2D eigenvalue weighted by molar-refractivity contribution is 5.89. The van der Waals surface area contributed by atoms with Crippen LogP contribution in [0.2, 0.25) is 0 Å². The van der Waals surface area contributed by atoms with E-state index in [2.05, 4.69) is 10.3 Å². The van der Waals surface area contributed by atoms with Gasteiger partial charge in [-0.05, 0) is 66.3 Å². The van der Waals surface area contributed by atoms with Crippen molar-refractivity contribution in [3.8, 4) is 5.75 Å². The number of pyridine rings is 1. The van der Waals surface area contributed by atoms with Crippen LogP contribution in [0.4, 0.5) is 26.3 Å². The Morgan fingerprint density at radius 1 is 0.973 bits per heavy atom. The number of hydrogen-bond donors (Lipinski definition) is 2. The van der Waals surface area contributed by atoms with Gasteiger partial charge in [0.25, 0.3) is 0 Å². The molecule has 4 rings (SSSR count). The van der Waals surface area contributed by atoms with Crippen molar-refractivity contribution < 1.29 is 41.0 Å². The fraction of sp³-hybridized carbons (Fsp3) is 0.385. The van der Waals surface area contributed by atoms with E-state index in [0.717, 1.165) is 5.56 Å². The van der Waals surface area contributed by atoms with Crippen LogP contribution in [-0.2, 0) is 19.3 Å². The van der Waals surface area contributed by atoms with E-state index in [1.165, 1.54) is 30.5 Å². The minimum atomic E-state index is -4.72. The van der Waals surface area contributed by atoms with Crippen molar-refractivity contribution in [2.75, 3.05) is 0 Å². The van der Waals surface area contributed by atoms with E-state index < -0.39 is 35.9 Å². The second kappa shape index (κ2) is 10.6. The predicted molar refractivity (Wildman–Crippen MR) is 123 cm³/mol. The molecule has 0 aliphatic heterocycles. The summed E-state index contributed by atoms with van der Waals surface area (Å²) in [7, 11) is 0. The molecule has 0 unspecified atom stereocenters. The van der Waals surface area contributed by atoms with Gasteiger partial charge in [-0.2, -0.15) is 26.3 Å². The minimum absolute atomic E-state index is 0.0397. The van der Waals surface area contributed by atoms with Crippen LogP contribution in [0, 0.1) is 5.92 Å². The molecular weight excluding hydrogens is 502 g/mol. The molecule has 3 aromatic rings. The van der Waals surface area contributed by atoms with Crippen LogP contribution in [0.1, 0.15) is 52.9 Å². The molecule has 0 radical (unpaired) electrons. The van der Waals surface area contributed by atoms with Crippen molar-refractivity contribution in [2.24, 2.45) is 5.92 Å². The fourth-order valence-corrected chi connectivity index (χ4v) is 4.54. The number of aromatic nitrogens is 1. The van der Waals surface area contributed by atoms with Gasteiger partial charge in [-0.15, -0.1) is 0 Å². The molecular formula is C26H24F6N2O3. The molecule has 2 aromatic carbocycles. The van der Waals surface area contributed by atoms with Crippen LogP contribution < -0.4 is 10.1 Å². The zero-order valence-electron chi connectivity index (χ0n) is 19.5. The molecule has 1 aromatic heterocycles. The lowest BCUT2D eigenvalue weighted by molar-refractivity contribution is -0.185. The standard InChI is InChI=1S/C26H24F6N2O3/c27-25(28,29)18-4-7-20(8-5-18)37-22-10-3-16-11-15(1-9-21(16)23(22)26(30,31)32)12-33-14-19-6-2-17(13-34-19)24(35)36/h1-3,6,9-11,13,18,20,33H,4-5,7-8,12,14H2,(H,35,36). The van der Waals surface area contributed by atoms with Crippen LogP contribution in [0.15, 0.2) is 48.7 Å². The highest BCUT2D eigenvalue weighted by Crippen LogP contribution is 2.44. The summed E-state index contributed by atoms with van der Waals surface area (Å²) in [4.78, 5) is 15.0. The molecule has 0 bridgehead atoms. The van der Waals surface area contributed by atoms with Gasteiger partial charge in [-0.25, -0.2) is 4.79 Å². The smallest absolute Gasteiger partial charge is 0.420 e. The molecule has 0 saturated heterocycles. The molecule has 0 amide bonds. The summed E-state index contributed by atoms with van der Waals surface area (Å²) in [6.45, 7) is 0.662. The third kappa shape index (κ3) is 6.51. The first kappa shape index (κ1) is 26.7. The van der Waals surface area contributed by atoms with Crippen molar-refractivity contribution in [1.29, 1.82) is 0 Å². The number of alkyl halides is 6. The number of aromatic carboxylic acids is 1. The van der Waals surface area contributed by atoms with Crippen LogP contribution in [-0.4, -0.2) is 28.3 Å². The lowest BCUT2D eigenvalue weighted by Gasteiger charge is -2.31. The van der Waals surface area contributed by atoms with Crippen molar-refractivity contribution >= 4 is 16.7 Å². The molecule has 11 heteroatoms. The first-order valence-corrected chi connectivity index (χ1v) is 11.7. The number of carbonyl (C=O) groups is 1. The molecule has 2 N–H and O–H groups in total. The molecule has 1 aliphatic carbocycles. The van der Waals surface area contributed by atoms with E-state index >= 15 is 0 Å². The number of ether oxygens (including phenoxy) is 1. The number of fused-ring (bicyclic) bond motifs is 1. The summed E-state index contributed by atoms with van der Waals surface area (Å²) < 4.78 is 86.4. The number of benzene rings is 2. The fourth-order valence-electron chi connectivity index (χ4n) is 4.54. The highest BCUT2D eigenvalue weighted by Gasteiger charge is 2.42. The lowest BCUT2D eigenvalue weighted by Crippen LogP contribution is -2.32. The van der Waals surface area contributed by atoms with Gasteiger partial charge in [-0.3, -0.25) is 4.98 Å². The van der Waals surface area contributed by atoms with E-state index in [0.29, 0.717) is 24.2 Å². The third-order valence-corrected chi connectivity index (χ3v) is 6.47. The average Bonchev–Trinajstić information content (AvgIpc) is 2.83. The Kier molecular flexibility index (Phi) is 7.63. The van der Waals surface area contributed by atoms with Gasteiger partial charge in [0.2, 0.25) is 0 Å². The van der Waals surface area contributed by atoms with Gasteiger partial charge in [0, 0.05) is 19.3 Å². The molecule has 1 fully saturated rings. The molecule has 37 heavy (non-hydrogen) atoms. The Bertz CT molecular complexity index is 1250. The summed E-state index contributed by atoms with van der Waals surface area (Å²) >= 11 is 0. The molecule has 198 valence electrons. The molecule has 1 heterocycles. The van der Waals surface area contributed by atoms with Gasteiger partial charge in [0.1, 0.15) is 11.3 Å². The van der Waals surface area contributed by atoms with Gasteiger partial charge in [0.15, 0.2) is 0 Å².